The van der Waals surface area contributed by atoms with Crippen LogP contribution in [0.15, 0.2) is 0 Å². The molecule has 0 radical (unpaired) electrons. The number of esters is 1. The van der Waals surface area contributed by atoms with E-state index in [1.54, 1.807) is 6.92 Å². The Bertz CT molecular complexity index is 406. The molecule has 1 aliphatic heterocycles. The Balaban J connectivity index is 2.89. The first-order chi connectivity index (χ1) is 10.6. The number of rotatable bonds is 0. The molecule has 23 heavy (non-hydrogen) atoms. The van der Waals surface area contributed by atoms with E-state index in [0.29, 0.717) is 11.8 Å². The third kappa shape index (κ3) is 5.91. The highest BCUT2D eigenvalue weighted by Gasteiger charge is 2.32. The predicted octanol–water partition coefficient (Wildman–Crippen LogP) is 3.46. The fourth-order valence-electron chi connectivity index (χ4n) is 3.86. The molecule has 1 saturated heterocycles. The smallest absolute Gasteiger partial charge is 0.308 e. The molecule has 0 amide bonds. The largest absolute Gasteiger partial charge is 0.465 e. The van der Waals surface area contributed by atoms with Gasteiger partial charge in [-0.05, 0) is 31.1 Å². The first-order valence-electron chi connectivity index (χ1n) is 9.01. The second-order valence-corrected chi connectivity index (χ2v) is 8.01. The highest BCUT2D eigenvalue weighted by molar-refractivity contribution is 5.83. The van der Waals surface area contributed by atoms with Gasteiger partial charge in [-0.15, -0.1) is 0 Å². The maximum atomic E-state index is 12.5. The van der Waals surface area contributed by atoms with Gasteiger partial charge in [0, 0.05) is 17.8 Å². The number of ketones is 1. The van der Waals surface area contributed by atoms with Crippen molar-refractivity contribution in [2.45, 2.75) is 66.9 Å². The van der Waals surface area contributed by atoms with Crippen molar-refractivity contribution >= 4 is 11.8 Å². The van der Waals surface area contributed by atoms with Crippen molar-refractivity contribution in [2.75, 3.05) is 6.61 Å². The van der Waals surface area contributed by atoms with Crippen LogP contribution in [0.2, 0.25) is 0 Å². The molecule has 0 aromatic carbocycles. The zero-order chi connectivity index (χ0) is 17.7. The number of ether oxygens (including phenoxy) is 1. The van der Waals surface area contributed by atoms with Crippen molar-refractivity contribution in [1.82, 2.24) is 0 Å². The Hall–Kier alpha value is -0.900. The summed E-state index contributed by atoms with van der Waals surface area (Å²) in [5.41, 5.74) is 0. The third-order valence-electron chi connectivity index (χ3n) is 5.24. The molecule has 1 rings (SSSR count). The number of carbonyl (C=O) groups excluding carboxylic acids is 2. The topological polar surface area (TPSA) is 63.6 Å². The van der Waals surface area contributed by atoms with E-state index in [2.05, 4.69) is 13.8 Å². The van der Waals surface area contributed by atoms with Crippen LogP contribution in [-0.4, -0.2) is 29.6 Å². The number of cyclic esters (lactones) is 1. The van der Waals surface area contributed by atoms with Crippen LogP contribution in [0.3, 0.4) is 0 Å². The van der Waals surface area contributed by atoms with Gasteiger partial charge in [-0.3, -0.25) is 9.59 Å². The summed E-state index contributed by atoms with van der Waals surface area (Å²) in [7, 11) is 0. The normalized spacial score (nSPS) is 42.0. The Morgan fingerprint density at radius 1 is 0.870 bits per heavy atom. The Labute approximate surface area is 141 Å². The summed E-state index contributed by atoms with van der Waals surface area (Å²) in [6.45, 7) is 12.0. The fourth-order valence-corrected chi connectivity index (χ4v) is 3.86. The molecule has 5 unspecified atom stereocenters. The molecular formula is C19H34O4. The summed E-state index contributed by atoms with van der Waals surface area (Å²) in [4.78, 5) is 24.6. The summed E-state index contributed by atoms with van der Waals surface area (Å²) in [6.07, 6.45) is 1.87. The summed E-state index contributed by atoms with van der Waals surface area (Å²) in [5.74, 6) is -0.0691. The molecule has 0 aliphatic carbocycles. The van der Waals surface area contributed by atoms with Gasteiger partial charge in [0.2, 0.25) is 0 Å². The van der Waals surface area contributed by atoms with Gasteiger partial charge in [0.05, 0.1) is 18.6 Å². The molecule has 0 saturated carbocycles. The van der Waals surface area contributed by atoms with Crippen molar-refractivity contribution in [3.05, 3.63) is 0 Å². The van der Waals surface area contributed by atoms with Gasteiger partial charge < -0.3 is 9.84 Å². The second kappa shape index (κ2) is 8.81. The molecule has 0 spiro atoms. The lowest BCUT2D eigenvalue weighted by atomic mass is 9.80. The first-order valence-corrected chi connectivity index (χ1v) is 9.01. The number of aliphatic hydroxyl groups is 1. The zero-order valence-electron chi connectivity index (χ0n) is 15.5. The quantitative estimate of drug-likeness (QED) is 0.692. The minimum absolute atomic E-state index is 0.0445. The van der Waals surface area contributed by atoms with Gasteiger partial charge in [0.1, 0.15) is 5.78 Å². The van der Waals surface area contributed by atoms with Gasteiger partial charge in [-0.2, -0.15) is 0 Å². The van der Waals surface area contributed by atoms with E-state index >= 15 is 0 Å². The van der Waals surface area contributed by atoms with Crippen molar-refractivity contribution in [3.63, 3.8) is 0 Å². The van der Waals surface area contributed by atoms with Crippen LogP contribution in [0.4, 0.5) is 0 Å². The average molecular weight is 326 g/mol. The molecule has 4 nitrogen and oxygen atoms in total. The van der Waals surface area contributed by atoms with Crippen molar-refractivity contribution in [2.24, 2.45) is 35.5 Å². The lowest BCUT2D eigenvalue weighted by Crippen LogP contribution is -2.37. The molecule has 0 bridgehead atoms. The minimum Gasteiger partial charge on any atom is -0.465 e. The van der Waals surface area contributed by atoms with Crippen LogP contribution in [0, 0.1) is 35.5 Å². The van der Waals surface area contributed by atoms with Crippen LogP contribution < -0.4 is 0 Å². The average Bonchev–Trinajstić information content (AvgIpc) is 2.48. The van der Waals surface area contributed by atoms with Gasteiger partial charge in [0.25, 0.3) is 0 Å². The number of hydrogen-bond acceptors (Lipinski definition) is 4. The Kier molecular flexibility index (Phi) is 7.72. The van der Waals surface area contributed by atoms with Crippen LogP contribution in [-0.2, 0) is 14.3 Å². The Morgan fingerprint density at radius 3 is 1.96 bits per heavy atom. The SMILES string of the molecule is CC1CC(C)C(=O)OCC(C)C(O)C(C)C(=O)[C@H](C)C[C@H](C)C1. The second-order valence-electron chi connectivity index (χ2n) is 8.01. The van der Waals surface area contributed by atoms with Gasteiger partial charge in [0.15, 0.2) is 0 Å². The van der Waals surface area contributed by atoms with E-state index < -0.39 is 12.0 Å². The van der Waals surface area contributed by atoms with Crippen LogP contribution >= 0.6 is 0 Å². The predicted molar refractivity (Wildman–Crippen MR) is 90.8 cm³/mol. The number of aliphatic hydroxyl groups excluding tert-OH is 1. The molecule has 1 heterocycles. The highest BCUT2D eigenvalue weighted by atomic mass is 16.5. The third-order valence-corrected chi connectivity index (χ3v) is 5.24. The molecule has 0 aromatic rings. The molecule has 134 valence electrons. The lowest BCUT2D eigenvalue weighted by molar-refractivity contribution is -0.151. The van der Waals surface area contributed by atoms with E-state index in [0.717, 1.165) is 19.3 Å². The van der Waals surface area contributed by atoms with E-state index in [1.807, 2.05) is 20.8 Å². The van der Waals surface area contributed by atoms with Gasteiger partial charge in [-0.1, -0.05) is 41.5 Å². The fraction of sp³-hybridized carbons (Fsp3) is 0.895. The molecule has 1 N–H and O–H groups in total. The van der Waals surface area contributed by atoms with Crippen LogP contribution in [0.1, 0.15) is 60.8 Å². The molecule has 7 atom stereocenters. The van der Waals surface area contributed by atoms with E-state index in [4.69, 9.17) is 4.74 Å². The lowest BCUT2D eigenvalue weighted by Gasteiger charge is -2.28. The van der Waals surface area contributed by atoms with E-state index in [-0.39, 0.29) is 36.1 Å². The molecular weight excluding hydrogens is 292 g/mol. The maximum Gasteiger partial charge on any atom is 0.308 e. The monoisotopic (exact) mass is 326 g/mol. The van der Waals surface area contributed by atoms with Gasteiger partial charge in [-0.25, -0.2) is 0 Å². The first kappa shape index (κ1) is 20.1. The van der Waals surface area contributed by atoms with Crippen molar-refractivity contribution in [3.8, 4) is 0 Å². The molecule has 4 heteroatoms. The number of Topliss-reactive ketones (excluding diaryl/α,β-unsaturated/α-hetero) is 1. The summed E-state index contributed by atoms with van der Waals surface area (Å²) < 4.78 is 5.36. The standard InChI is InChI=1S/C19H34O4/c1-11-7-12(2)9-14(4)19(22)23-10-15(5)18(21)16(6)17(20)13(3)8-11/h11-16,18,21H,7-10H2,1-6H3/t11-,12?,13-,14?,15?,16?,18?/m1/s1. The van der Waals surface area contributed by atoms with Crippen molar-refractivity contribution in [1.29, 1.82) is 0 Å². The van der Waals surface area contributed by atoms with Gasteiger partial charge >= 0.3 is 5.97 Å². The summed E-state index contributed by atoms with van der Waals surface area (Å²) >= 11 is 0. The zero-order valence-corrected chi connectivity index (χ0v) is 15.5. The molecule has 0 aromatic heterocycles. The molecule has 1 aliphatic rings. The Morgan fingerprint density at radius 2 is 1.39 bits per heavy atom. The minimum atomic E-state index is -0.773. The molecule has 1 fully saturated rings. The van der Waals surface area contributed by atoms with Crippen LogP contribution in [0.5, 0.6) is 0 Å². The van der Waals surface area contributed by atoms with Crippen LogP contribution in [0.25, 0.3) is 0 Å². The van der Waals surface area contributed by atoms with Crippen molar-refractivity contribution < 1.29 is 19.4 Å². The summed E-state index contributed by atoms with van der Waals surface area (Å²) in [6, 6.07) is 0. The maximum absolute atomic E-state index is 12.5. The highest BCUT2D eigenvalue weighted by Crippen LogP contribution is 2.28. The number of carbonyl (C=O) groups is 2. The van der Waals surface area contributed by atoms with E-state index in [1.165, 1.54) is 0 Å². The summed E-state index contributed by atoms with van der Waals surface area (Å²) in [5, 5.41) is 10.4. The number of hydrogen-bond donors (Lipinski definition) is 1. The van der Waals surface area contributed by atoms with E-state index in [9.17, 15) is 14.7 Å².